The maximum absolute atomic E-state index is 11.2. The Hall–Kier alpha value is -0.890. The van der Waals surface area contributed by atoms with Crippen LogP contribution >= 0.6 is 0 Å². The molecule has 0 heterocycles. The van der Waals surface area contributed by atoms with Gasteiger partial charge in [0, 0.05) is 13.2 Å². The molecule has 0 aliphatic rings. The predicted octanol–water partition coefficient (Wildman–Crippen LogP) is 1.94. The molecule has 2 atom stereocenters. The first-order valence-corrected chi connectivity index (χ1v) is 6.86. The molecule has 0 rings (SSSR count). The summed E-state index contributed by atoms with van der Waals surface area (Å²) in [6.07, 6.45) is -1.37. The molecule has 0 amide bonds. The average molecular weight is 294 g/mol. The SMILES string of the molecule is CCOC(C)OCCOC(=O)OCCOC(C)OCC. The summed E-state index contributed by atoms with van der Waals surface area (Å²) in [6.45, 7) is 9.21. The molecule has 0 spiro atoms. The van der Waals surface area contributed by atoms with Crippen LogP contribution in [0.3, 0.4) is 0 Å². The Morgan fingerprint density at radius 3 is 1.50 bits per heavy atom. The van der Waals surface area contributed by atoms with E-state index in [4.69, 9.17) is 28.4 Å². The second kappa shape index (κ2) is 13.1. The van der Waals surface area contributed by atoms with Crippen LogP contribution in [0.4, 0.5) is 4.79 Å². The van der Waals surface area contributed by atoms with Crippen LogP contribution < -0.4 is 0 Å². The van der Waals surface area contributed by atoms with Crippen molar-refractivity contribution in [1.29, 1.82) is 0 Å². The van der Waals surface area contributed by atoms with Gasteiger partial charge in [-0.2, -0.15) is 0 Å². The maximum Gasteiger partial charge on any atom is 0.508 e. The van der Waals surface area contributed by atoms with Crippen LogP contribution in [0.5, 0.6) is 0 Å². The maximum atomic E-state index is 11.2. The van der Waals surface area contributed by atoms with Gasteiger partial charge in [-0.15, -0.1) is 0 Å². The molecule has 0 aromatic carbocycles. The molecule has 0 aromatic rings. The van der Waals surface area contributed by atoms with Gasteiger partial charge in [-0.3, -0.25) is 0 Å². The fourth-order valence-electron chi connectivity index (χ4n) is 1.29. The quantitative estimate of drug-likeness (QED) is 0.309. The van der Waals surface area contributed by atoms with Crippen molar-refractivity contribution in [3.8, 4) is 0 Å². The molecule has 0 fully saturated rings. The molecule has 7 nitrogen and oxygen atoms in total. The highest BCUT2D eigenvalue weighted by Gasteiger charge is 2.06. The van der Waals surface area contributed by atoms with Crippen molar-refractivity contribution in [3.63, 3.8) is 0 Å². The van der Waals surface area contributed by atoms with E-state index in [1.165, 1.54) is 0 Å². The summed E-state index contributed by atoms with van der Waals surface area (Å²) in [7, 11) is 0. The molecule has 0 aliphatic heterocycles. The van der Waals surface area contributed by atoms with Crippen molar-refractivity contribution < 1.29 is 33.2 Å². The molecule has 0 aromatic heterocycles. The van der Waals surface area contributed by atoms with Gasteiger partial charge in [0.2, 0.25) is 0 Å². The van der Waals surface area contributed by atoms with E-state index >= 15 is 0 Å². The van der Waals surface area contributed by atoms with Crippen LogP contribution in [0.25, 0.3) is 0 Å². The first-order valence-electron chi connectivity index (χ1n) is 6.86. The van der Waals surface area contributed by atoms with Gasteiger partial charge >= 0.3 is 6.16 Å². The lowest BCUT2D eigenvalue weighted by atomic mass is 10.7. The first kappa shape index (κ1) is 19.1. The second-order valence-electron chi connectivity index (χ2n) is 3.73. The van der Waals surface area contributed by atoms with Crippen molar-refractivity contribution in [2.24, 2.45) is 0 Å². The van der Waals surface area contributed by atoms with Crippen molar-refractivity contribution in [1.82, 2.24) is 0 Å². The highest BCUT2D eigenvalue weighted by atomic mass is 16.7. The fraction of sp³-hybridized carbons (Fsp3) is 0.923. The van der Waals surface area contributed by atoms with Crippen LogP contribution in [0.2, 0.25) is 0 Å². The fourth-order valence-corrected chi connectivity index (χ4v) is 1.29. The van der Waals surface area contributed by atoms with Crippen LogP contribution in [0.15, 0.2) is 0 Å². The Morgan fingerprint density at radius 1 is 0.750 bits per heavy atom. The molecule has 2 unspecified atom stereocenters. The van der Waals surface area contributed by atoms with E-state index in [1.54, 1.807) is 13.8 Å². The number of carbonyl (C=O) groups excluding carboxylic acids is 1. The van der Waals surface area contributed by atoms with E-state index < -0.39 is 6.16 Å². The third-order valence-electron chi connectivity index (χ3n) is 2.11. The van der Waals surface area contributed by atoms with Gasteiger partial charge < -0.3 is 28.4 Å². The predicted molar refractivity (Wildman–Crippen MR) is 71.4 cm³/mol. The molecule has 0 aliphatic carbocycles. The highest BCUT2D eigenvalue weighted by Crippen LogP contribution is 1.95. The molecular formula is C13H26O7. The summed E-state index contributed by atoms with van der Waals surface area (Å²) in [4.78, 5) is 11.2. The lowest BCUT2D eigenvalue weighted by Crippen LogP contribution is -2.20. The minimum absolute atomic E-state index is 0.118. The van der Waals surface area contributed by atoms with Crippen LogP contribution in [-0.4, -0.2) is 58.4 Å². The largest absolute Gasteiger partial charge is 0.508 e. The molecule has 120 valence electrons. The van der Waals surface area contributed by atoms with Crippen molar-refractivity contribution in [3.05, 3.63) is 0 Å². The van der Waals surface area contributed by atoms with Gasteiger partial charge in [0.25, 0.3) is 0 Å². The standard InChI is InChI=1S/C13H26O7/c1-5-15-11(3)17-7-9-19-13(14)20-10-8-18-12(4)16-6-2/h11-12H,5-10H2,1-4H3. The van der Waals surface area contributed by atoms with Gasteiger partial charge in [0.1, 0.15) is 13.2 Å². The van der Waals surface area contributed by atoms with E-state index in [0.717, 1.165) is 0 Å². The lowest BCUT2D eigenvalue weighted by molar-refractivity contribution is -0.138. The Morgan fingerprint density at radius 2 is 1.15 bits per heavy atom. The summed E-state index contributed by atoms with van der Waals surface area (Å²) in [5.41, 5.74) is 0. The van der Waals surface area contributed by atoms with Crippen molar-refractivity contribution >= 4 is 6.16 Å². The minimum Gasteiger partial charge on any atom is -0.432 e. The molecule has 0 radical (unpaired) electrons. The number of rotatable bonds is 12. The van der Waals surface area contributed by atoms with Crippen LogP contribution in [-0.2, 0) is 28.4 Å². The molecule has 0 N–H and O–H groups in total. The monoisotopic (exact) mass is 294 g/mol. The highest BCUT2D eigenvalue weighted by molar-refractivity contribution is 5.59. The first-order chi connectivity index (χ1) is 9.60. The van der Waals surface area contributed by atoms with E-state index in [1.807, 2.05) is 13.8 Å². The lowest BCUT2D eigenvalue weighted by Gasteiger charge is -2.13. The summed E-state index contributed by atoms with van der Waals surface area (Å²) >= 11 is 0. The van der Waals surface area contributed by atoms with E-state index in [9.17, 15) is 4.79 Å². The van der Waals surface area contributed by atoms with Gasteiger partial charge in [-0.25, -0.2) is 4.79 Å². The zero-order valence-electron chi connectivity index (χ0n) is 12.8. The third-order valence-corrected chi connectivity index (χ3v) is 2.11. The zero-order chi connectivity index (χ0) is 15.2. The Labute approximate surface area is 120 Å². The number of hydrogen-bond acceptors (Lipinski definition) is 7. The Bertz CT molecular complexity index is 213. The molecule has 0 saturated carbocycles. The molecule has 0 bridgehead atoms. The Balaban J connectivity index is 3.37. The topological polar surface area (TPSA) is 72.5 Å². The molecular weight excluding hydrogens is 268 g/mol. The normalized spacial score (nSPS) is 13.8. The van der Waals surface area contributed by atoms with Crippen LogP contribution in [0, 0.1) is 0 Å². The van der Waals surface area contributed by atoms with Crippen LogP contribution in [0.1, 0.15) is 27.7 Å². The van der Waals surface area contributed by atoms with Gasteiger partial charge in [0.15, 0.2) is 12.6 Å². The van der Waals surface area contributed by atoms with Gasteiger partial charge in [-0.1, -0.05) is 0 Å². The van der Waals surface area contributed by atoms with E-state index in [2.05, 4.69) is 0 Å². The minimum atomic E-state index is -0.745. The summed E-state index contributed by atoms with van der Waals surface area (Å²) in [5, 5.41) is 0. The van der Waals surface area contributed by atoms with E-state index in [-0.39, 0.29) is 39.0 Å². The van der Waals surface area contributed by atoms with Gasteiger partial charge in [0.05, 0.1) is 13.2 Å². The number of ether oxygens (including phenoxy) is 6. The Kier molecular flexibility index (Phi) is 12.5. The smallest absolute Gasteiger partial charge is 0.432 e. The number of hydrogen-bond donors (Lipinski definition) is 0. The molecule has 7 heteroatoms. The molecule has 0 saturated heterocycles. The molecule has 20 heavy (non-hydrogen) atoms. The third kappa shape index (κ3) is 12.2. The number of carbonyl (C=O) groups is 1. The zero-order valence-corrected chi connectivity index (χ0v) is 12.8. The van der Waals surface area contributed by atoms with Crippen molar-refractivity contribution in [2.45, 2.75) is 40.3 Å². The average Bonchev–Trinajstić information content (AvgIpc) is 2.40. The summed E-state index contributed by atoms with van der Waals surface area (Å²) in [6, 6.07) is 0. The second-order valence-corrected chi connectivity index (χ2v) is 3.73. The van der Waals surface area contributed by atoms with E-state index in [0.29, 0.717) is 13.2 Å². The summed E-state index contributed by atoms with van der Waals surface area (Å²) in [5.74, 6) is 0. The van der Waals surface area contributed by atoms with Crippen molar-refractivity contribution in [2.75, 3.05) is 39.6 Å². The summed E-state index contributed by atoms with van der Waals surface area (Å²) < 4.78 is 30.3. The van der Waals surface area contributed by atoms with Gasteiger partial charge in [-0.05, 0) is 27.7 Å².